The summed E-state index contributed by atoms with van der Waals surface area (Å²) >= 11 is 0. The van der Waals surface area contributed by atoms with Crippen LogP contribution in [-0.4, -0.2) is 20.4 Å². The minimum atomic E-state index is -3.65. The van der Waals surface area contributed by atoms with E-state index >= 15 is 0 Å². The molecule has 0 spiro atoms. The number of rotatable bonds is 6. The molecule has 0 radical (unpaired) electrons. The maximum Gasteiger partial charge on any atom is 0.244 e. The minimum absolute atomic E-state index is 0.163. The first-order valence-electron chi connectivity index (χ1n) is 6.61. The monoisotopic (exact) mass is 309 g/mol. The molecule has 1 unspecified atom stereocenters. The Morgan fingerprint density at radius 2 is 2.14 bits per heavy atom. The number of pyridine rings is 1. The highest BCUT2D eigenvalue weighted by Crippen LogP contribution is 2.22. The predicted octanol–water partition coefficient (Wildman–Crippen LogP) is 1.74. The van der Waals surface area contributed by atoms with Gasteiger partial charge in [0, 0.05) is 12.3 Å². The van der Waals surface area contributed by atoms with Crippen molar-refractivity contribution in [3.05, 3.63) is 47.7 Å². The van der Waals surface area contributed by atoms with Gasteiger partial charge in [0.2, 0.25) is 10.0 Å². The first-order chi connectivity index (χ1) is 9.94. The molecule has 2 N–H and O–H groups in total. The van der Waals surface area contributed by atoms with E-state index in [4.69, 9.17) is 4.42 Å². The maximum atomic E-state index is 12.4. The molecule has 0 amide bonds. The molecule has 2 heterocycles. The van der Waals surface area contributed by atoms with E-state index in [0.29, 0.717) is 23.8 Å². The van der Waals surface area contributed by atoms with Crippen molar-refractivity contribution in [2.75, 3.05) is 7.05 Å². The lowest BCUT2D eigenvalue weighted by Crippen LogP contribution is -2.27. The Morgan fingerprint density at radius 3 is 2.76 bits per heavy atom. The smallest absolute Gasteiger partial charge is 0.244 e. The summed E-state index contributed by atoms with van der Waals surface area (Å²) in [6, 6.07) is 6.51. The van der Waals surface area contributed by atoms with Crippen molar-refractivity contribution < 1.29 is 12.8 Å². The molecule has 2 aromatic rings. The van der Waals surface area contributed by atoms with Gasteiger partial charge >= 0.3 is 0 Å². The van der Waals surface area contributed by atoms with Crippen molar-refractivity contribution in [1.82, 2.24) is 15.0 Å². The van der Waals surface area contributed by atoms with Crippen molar-refractivity contribution >= 4 is 10.0 Å². The lowest BCUT2D eigenvalue weighted by Gasteiger charge is -2.13. The molecule has 21 heavy (non-hydrogen) atoms. The van der Waals surface area contributed by atoms with E-state index < -0.39 is 16.1 Å². The molecule has 6 nitrogen and oxygen atoms in total. The van der Waals surface area contributed by atoms with Crippen molar-refractivity contribution in [2.24, 2.45) is 0 Å². The largest absolute Gasteiger partial charge is 0.464 e. The van der Waals surface area contributed by atoms with Gasteiger partial charge in [-0.15, -0.1) is 0 Å². The van der Waals surface area contributed by atoms with E-state index in [9.17, 15) is 8.42 Å². The molecule has 0 aliphatic rings. The van der Waals surface area contributed by atoms with Crippen molar-refractivity contribution in [3.63, 3.8) is 0 Å². The summed E-state index contributed by atoms with van der Waals surface area (Å²) in [6.45, 7) is 3.87. The first kappa shape index (κ1) is 15.7. The van der Waals surface area contributed by atoms with Crippen molar-refractivity contribution in [3.8, 4) is 0 Å². The second-order valence-corrected chi connectivity index (χ2v) is 6.44. The van der Waals surface area contributed by atoms with Crippen LogP contribution in [0, 0.1) is 6.92 Å². The van der Waals surface area contributed by atoms with E-state index in [1.807, 2.05) is 6.07 Å². The lowest BCUT2D eigenvalue weighted by molar-refractivity contribution is 0.465. The molecule has 0 aromatic carbocycles. The Kier molecular flexibility index (Phi) is 4.76. The Morgan fingerprint density at radius 1 is 1.38 bits per heavy atom. The van der Waals surface area contributed by atoms with E-state index in [2.05, 4.69) is 15.0 Å². The molecule has 0 saturated heterocycles. The standard InChI is InChI=1S/C14H19N3O3S/c1-10(13-6-4-5-7-16-13)17-21(18,19)14-8-12(9-15-3)20-11(14)2/h4-8,10,15,17H,9H2,1-3H3. The second-order valence-electron chi connectivity index (χ2n) is 4.76. The van der Waals surface area contributed by atoms with Crippen molar-refractivity contribution in [2.45, 2.75) is 31.3 Å². The normalized spacial score (nSPS) is 13.3. The van der Waals surface area contributed by atoms with E-state index in [1.54, 1.807) is 45.3 Å². The van der Waals surface area contributed by atoms with Crippen molar-refractivity contribution in [1.29, 1.82) is 0 Å². The predicted molar refractivity (Wildman–Crippen MR) is 79.2 cm³/mol. The van der Waals surface area contributed by atoms with Crippen LogP contribution in [-0.2, 0) is 16.6 Å². The summed E-state index contributed by atoms with van der Waals surface area (Å²) in [5.41, 5.74) is 0.665. The van der Waals surface area contributed by atoms with Gasteiger partial charge in [0.25, 0.3) is 0 Å². The highest BCUT2D eigenvalue weighted by Gasteiger charge is 2.24. The molecule has 7 heteroatoms. The van der Waals surface area contributed by atoms with Crippen LogP contribution in [0.3, 0.4) is 0 Å². The van der Waals surface area contributed by atoms with Crippen LogP contribution in [0.1, 0.15) is 30.2 Å². The fourth-order valence-electron chi connectivity index (χ4n) is 2.04. The van der Waals surface area contributed by atoms with Crippen LogP contribution in [0.5, 0.6) is 0 Å². The number of aromatic nitrogens is 1. The van der Waals surface area contributed by atoms with Gasteiger partial charge in [-0.1, -0.05) is 6.07 Å². The van der Waals surface area contributed by atoms with Gasteiger partial charge in [-0.05, 0) is 33.0 Å². The SMILES string of the molecule is CNCc1cc(S(=O)(=O)NC(C)c2ccccn2)c(C)o1. The third-order valence-corrected chi connectivity index (χ3v) is 4.68. The fraction of sp³-hybridized carbons (Fsp3) is 0.357. The maximum absolute atomic E-state index is 12.4. The topological polar surface area (TPSA) is 84.2 Å². The number of hydrogen-bond donors (Lipinski definition) is 2. The van der Waals surface area contributed by atoms with Crippen LogP contribution < -0.4 is 10.0 Å². The molecule has 0 bridgehead atoms. The fourth-order valence-corrected chi connectivity index (χ4v) is 3.46. The third kappa shape index (κ3) is 3.69. The van der Waals surface area contributed by atoms with Gasteiger partial charge in [0.15, 0.2) is 0 Å². The van der Waals surface area contributed by atoms with Crippen LogP contribution >= 0.6 is 0 Å². The summed E-state index contributed by atoms with van der Waals surface area (Å²) in [5.74, 6) is 0.960. The average molecular weight is 309 g/mol. The number of sulfonamides is 1. The molecule has 0 aliphatic carbocycles. The van der Waals surface area contributed by atoms with E-state index in [0.717, 1.165) is 0 Å². The summed E-state index contributed by atoms with van der Waals surface area (Å²) in [6.07, 6.45) is 1.63. The van der Waals surface area contributed by atoms with Gasteiger partial charge in [0.05, 0.1) is 18.3 Å². The average Bonchev–Trinajstić information content (AvgIpc) is 2.81. The molecule has 2 aromatic heterocycles. The number of hydrogen-bond acceptors (Lipinski definition) is 5. The van der Waals surface area contributed by atoms with Crippen LogP contribution in [0.4, 0.5) is 0 Å². The molecule has 114 valence electrons. The molecular weight excluding hydrogens is 290 g/mol. The summed E-state index contributed by atoms with van der Waals surface area (Å²) in [5, 5.41) is 2.92. The van der Waals surface area contributed by atoms with Gasteiger partial charge in [-0.25, -0.2) is 13.1 Å². The summed E-state index contributed by atoms with van der Waals surface area (Å²) in [7, 11) is -1.88. The van der Waals surface area contributed by atoms with Gasteiger partial charge in [-0.3, -0.25) is 4.98 Å². The number of nitrogens with zero attached hydrogens (tertiary/aromatic N) is 1. The zero-order valence-electron chi connectivity index (χ0n) is 12.3. The molecule has 2 rings (SSSR count). The zero-order chi connectivity index (χ0) is 15.5. The highest BCUT2D eigenvalue weighted by molar-refractivity contribution is 7.89. The van der Waals surface area contributed by atoms with Crippen LogP contribution in [0.15, 0.2) is 39.8 Å². The van der Waals surface area contributed by atoms with Crippen LogP contribution in [0.2, 0.25) is 0 Å². The number of furan rings is 1. The minimum Gasteiger partial charge on any atom is -0.464 e. The second kappa shape index (κ2) is 6.38. The van der Waals surface area contributed by atoms with E-state index in [-0.39, 0.29) is 4.90 Å². The first-order valence-corrected chi connectivity index (χ1v) is 8.09. The quantitative estimate of drug-likeness (QED) is 0.849. The Bertz CT molecular complexity index is 696. The van der Waals surface area contributed by atoms with Crippen LogP contribution in [0.25, 0.3) is 0 Å². The van der Waals surface area contributed by atoms with E-state index in [1.165, 1.54) is 0 Å². The molecule has 1 atom stereocenters. The Hall–Kier alpha value is -1.70. The molecular formula is C14H19N3O3S. The molecule has 0 aliphatic heterocycles. The highest BCUT2D eigenvalue weighted by atomic mass is 32.2. The zero-order valence-corrected chi connectivity index (χ0v) is 13.1. The summed E-state index contributed by atoms with van der Waals surface area (Å²) in [4.78, 5) is 4.32. The van der Waals surface area contributed by atoms with Gasteiger partial charge < -0.3 is 9.73 Å². The van der Waals surface area contributed by atoms with Gasteiger partial charge in [-0.2, -0.15) is 0 Å². The Balaban J connectivity index is 2.22. The number of aryl methyl sites for hydroxylation is 1. The molecule has 0 saturated carbocycles. The Labute approximate surface area is 124 Å². The summed E-state index contributed by atoms with van der Waals surface area (Å²) < 4.78 is 32.9. The van der Waals surface area contributed by atoms with Gasteiger partial charge in [0.1, 0.15) is 16.4 Å². The third-order valence-electron chi connectivity index (χ3n) is 3.03. The number of nitrogens with one attached hydrogen (secondary N) is 2. The lowest BCUT2D eigenvalue weighted by atomic mass is 10.2. The molecule has 0 fully saturated rings.